The van der Waals surface area contributed by atoms with Gasteiger partial charge in [0.25, 0.3) is 0 Å². The average Bonchev–Trinajstić information content (AvgIpc) is 2.34. The minimum atomic E-state index is -1.11. The summed E-state index contributed by atoms with van der Waals surface area (Å²) >= 11 is 0. The summed E-state index contributed by atoms with van der Waals surface area (Å²) in [4.78, 5) is 11.5. The van der Waals surface area contributed by atoms with Gasteiger partial charge in [-0.25, -0.2) is 0 Å². The van der Waals surface area contributed by atoms with Crippen LogP contribution in [0.25, 0.3) is 0 Å². The number of benzene rings is 1. The lowest BCUT2D eigenvalue weighted by atomic mass is 9.86. The van der Waals surface area contributed by atoms with E-state index in [9.17, 15) is 9.90 Å². The standard InChI is InChI=1S/C17H27NO3/c1-12(2)18-17(6,15(19)20)11-21-14-10-8-7-9-13(14)16(3,4)5/h7-10,12,18H,11H2,1-6H3,(H,19,20). The maximum atomic E-state index is 11.5. The highest BCUT2D eigenvalue weighted by Crippen LogP contribution is 2.31. The molecule has 0 saturated carbocycles. The van der Waals surface area contributed by atoms with Crippen LogP contribution in [0.2, 0.25) is 0 Å². The molecule has 4 heteroatoms. The highest BCUT2D eigenvalue weighted by atomic mass is 16.5. The molecule has 0 heterocycles. The van der Waals surface area contributed by atoms with Gasteiger partial charge in [-0.2, -0.15) is 0 Å². The zero-order valence-electron chi connectivity index (χ0n) is 13.9. The van der Waals surface area contributed by atoms with Crippen molar-refractivity contribution < 1.29 is 14.6 Å². The number of hydrogen-bond donors (Lipinski definition) is 2. The number of carboxylic acid groups (broad SMARTS) is 1. The van der Waals surface area contributed by atoms with E-state index >= 15 is 0 Å². The molecule has 0 aliphatic heterocycles. The van der Waals surface area contributed by atoms with Crippen molar-refractivity contribution in [2.75, 3.05) is 6.61 Å². The highest BCUT2D eigenvalue weighted by molar-refractivity contribution is 5.78. The number of carbonyl (C=O) groups is 1. The Kier molecular flexibility index (Phi) is 5.40. The molecule has 1 aromatic carbocycles. The average molecular weight is 293 g/mol. The second-order valence-corrected chi connectivity index (χ2v) is 6.97. The van der Waals surface area contributed by atoms with Gasteiger partial charge in [0.05, 0.1) is 0 Å². The summed E-state index contributed by atoms with van der Waals surface area (Å²) in [7, 11) is 0. The Morgan fingerprint density at radius 1 is 1.24 bits per heavy atom. The first kappa shape index (κ1) is 17.5. The van der Waals surface area contributed by atoms with Crippen molar-refractivity contribution in [3.05, 3.63) is 29.8 Å². The van der Waals surface area contributed by atoms with E-state index in [1.807, 2.05) is 38.1 Å². The lowest BCUT2D eigenvalue weighted by Gasteiger charge is -2.30. The van der Waals surface area contributed by atoms with Crippen LogP contribution in [0.4, 0.5) is 0 Å². The van der Waals surface area contributed by atoms with Crippen LogP contribution >= 0.6 is 0 Å². The minimum absolute atomic E-state index is 0.0539. The molecule has 0 radical (unpaired) electrons. The third-order valence-corrected chi connectivity index (χ3v) is 3.29. The Morgan fingerprint density at radius 2 is 1.81 bits per heavy atom. The lowest BCUT2D eigenvalue weighted by molar-refractivity contribution is -0.145. The van der Waals surface area contributed by atoms with Crippen LogP contribution in [-0.4, -0.2) is 29.3 Å². The molecule has 0 aromatic heterocycles. The molecule has 118 valence electrons. The maximum Gasteiger partial charge on any atom is 0.327 e. The van der Waals surface area contributed by atoms with Gasteiger partial charge < -0.3 is 9.84 Å². The lowest BCUT2D eigenvalue weighted by Crippen LogP contribution is -2.56. The van der Waals surface area contributed by atoms with E-state index in [1.165, 1.54) is 0 Å². The summed E-state index contributed by atoms with van der Waals surface area (Å²) in [6, 6.07) is 7.84. The van der Waals surface area contributed by atoms with Gasteiger partial charge in [-0.15, -0.1) is 0 Å². The number of nitrogens with one attached hydrogen (secondary N) is 1. The van der Waals surface area contributed by atoms with E-state index in [2.05, 4.69) is 26.1 Å². The topological polar surface area (TPSA) is 58.6 Å². The van der Waals surface area contributed by atoms with Crippen LogP contribution in [0.1, 0.15) is 47.1 Å². The molecule has 4 nitrogen and oxygen atoms in total. The van der Waals surface area contributed by atoms with Crippen LogP contribution in [0.5, 0.6) is 5.75 Å². The van der Waals surface area contributed by atoms with Gasteiger partial charge in [0.2, 0.25) is 0 Å². The second-order valence-electron chi connectivity index (χ2n) is 6.97. The summed E-state index contributed by atoms with van der Waals surface area (Å²) in [5, 5.41) is 12.5. The Balaban J connectivity index is 2.94. The van der Waals surface area contributed by atoms with Gasteiger partial charge in [0.15, 0.2) is 0 Å². The molecule has 0 aliphatic rings. The molecule has 1 atom stereocenters. The molecule has 0 spiro atoms. The number of rotatable bonds is 6. The predicted octanol–water partition coefficient (Wildman–Crippen LogP) is 3.20. The zero-order valence-corrected chi connectivity index (χ0v) is 13.9. The van der Waals surface area contributed by atoms with Crippen LogP contribution in [0, 0.1) is 0 Å². The smallest absolute Gasteiger partial charge is 0.327 e. The predicted molar refractivity (Wildman–Crippen MR) is 84.9 cm³/mol. The van der Waals surface area contributed by atoms with E-state index in [4.69, 9.17) is 4.74 Å². The molecule has 2 N–H and O–H groups in total. The molecule has 1 rings (SSSR count). The third-order valence-electron chi connectivity index (χ3n) is 3.29. The van der Waals surface area contributed by atoms with Gasteiger partial charge in [-0.05, 0) is 37.8 Å². The molecular formula is C17H27NO3. The summed E-state index contributed by atoms with van der Waals surface area (Å²) < 4.78 is 5.85. The van der Waals surface area contributed by atoms with Crippen molar-refractivity contribution in [3.63, 3.8) is 0 Å². The first-order valence-electron chi connectivity index (χ1n) is 7.29. The fourth-order valence-electron chi connectivity index (χ4n) is 2.24. The number of ether oxygens (including phenoxy) is 1. The second kappa shape index (κ2) is 6.48. The first-order chi connectivity index (χ1) is 9.56. The minimum Gasteiger partial charge on any atom is -0.491 e. The van der Waals surface area contributed by atoms with E-state index in [-0.39, 0.29) is 18.1 Å². The van der Waals surface area contributed by atoms with Crippen LogP contribution in [0.15, 0.2) is 24.3 Å². The van der Waals surface area contributed by atoms with Gasteiger partial charge in [0, 0.05) is 6.04 Å². The van der Waals surface area contributed by atoms with E-state index in [0.717, 1.165) is 11.3 Å². The van der Waals surface area contributed by atoms with E-state index < -0.39 is 11.5 Å². The summed E-state index contributed by atoms with van der Waals surface area (Å²) in [5.41, 5.74) is -0.0943. The molecule has 0 aliphatic carbocycles. The first-order valence-corrected chi connectivity index (χ1v) is 7.29. The highest BCUT2D eigenvalue weighted by Gasteiger charge is 2.35. The summed E-state index contributed by atoms with van der Waals surface area (Å²) in [5.74, 6) is -0.174. The quantitative estimate of drug-likeness (QED) is 0.845. The molecular weight excluding hydrogens is 266 g/mol. The van der Waals surface area contributed by atoms with Gasteiger partial charge in [-0.3, -0.25) is 10.1 Å². The van der Waals surface area contributed by atoms with Crippen molar-refractivity contribution in [3.8, 4) is 5.75 Å². The van der Waals surface area contributed by atoms with Crippen molar-refractivity contribution in [1.82, 2.24) is 5.32 Å². The fourth-order valence-corrected chi connectivity index (χ4v) is 2.24. The monoisotopic (exact) mass is 293 g/mol. The molecule has 21 heavy (non-hydrogen) atoms. The largest absolute Gasteiger partial charge is 0.491 e. The molecule has 0 amide bonds. The molecule has 1 unspecified atom stereocenters. The van der Waals surface area contributed by atoms with E-state index in [0.29, 0.717) is 0 Å². The van der Waals surface area contributed by atoms with Crippen molar-refractivity contribution in [2.24, 2.45) is 0 Å². The Labute approximate surface area is 127 Å². The van der Waals surface area contributed by atoms with Crippen LogP contribution in [-0.2, 0) is 10.2 Å². The Morgan fingerprint density at radius 3 is 2.29 bits per heavy atom. The Bertz CT molecular complexity index is 491. The summed E-state index contributed by atoms with van der Waals surface area (Å²) in [6.07, 6.45) is 0. The maximum absolute atomic E-state index is 11.5. The number of carboxylic acids is 1. The summed E-state index contributed by atoms with van der Waals surface area (Å²) in [6.45, 7) is 11.9. The molecule has 0 bridgehead atoms. The Hall–Kier alpha value is -1.55. The van der Waals surface area contributed by atoms with Crippen LogP contribution < -0.4 is 10.1 Å². The van der Waals surface area contributed by atoms with E-state index in [1.54, 1.807) is 6.92 Å². The van der Waals surface area contributed by atoms with Crippen molar-refractivity contribution in [1.29, 1.82) is 0 Å². The molecule has 0 fully saturated rings. The fraction of sp³-hybridized carbons (Fsp3) is 0.588. The molecule has 1 aromatic rings. The number of para-hydroxylation sites is 1. The zero-order chi connectivity index (χ0) is 16.3. The SMILES string of the molecule is CC(C)NC(C)(COc1ccccc1C(C)(C)C)C(=O)O. The van der Waals surface area contributed by atoms with Crippen molar-refractivity contribution >= 4 is 5.97 Å². The number of aliphatic carboxylic acids is 1. The van der Waals surface area contributed by atoms with Crippen LogP contribution in [0.3, 0.4) is 0 Å². The van der Waals surface area contributed by atoms with Gasteiger partial charge in [0.1, 0.15) is 17.9 Å². The van der Waals surface area contributed by atoms with Gasteiger partial charge >= 0.3 is 5.97 Å². The number of hydrogen-bond acceptors (Lipinski definition) is 3. The third kappa shape index (κ3) is 4.74. The normalized spacial score (nSPS) is 14.8. The molecule has 0 saturated heterocycles. The van der Waals surface area contributed by atoms with Crippen molar-refractivity contribution in [2.45, 2.75) is 58.5 Å². The van der Waals surface area contributed by atoms with Gasteiger partial charge in [-0.1, -0.05) is 39.0 Å².